The maximum absolute atomic E-state index is 11.5. The molecule has 0 radical (unpaired) electrons. The Balaban J connectivity index is 2.21. The van der Waals surface area contributed by atoms with E-state index < -0.39 is 15.2 Å². The Hall–Kier alpha value is -0.290. The molecular weight excluding hydrogens is 276 g/mol. The van der Waals surface area contributed by atoms with Crippen molar-refractivity contribution < 1.29 is 17.9 Å². The highest BCUT2D eigenvalue weighted by atomic mass is 35.7. The lowest BCUT2D eigenvalue weighted by molar-refractivity contribution is -0.141. The molecule has 1 aliphatic heterocycles. The number of ether oxygens (including phenoxy) is 1. The number of hydrogen-bond donors (Lipinski definition) is 0. The summed E-state index contributed by atoms with van der Waals surface area (Å²) in [6.07, 6.45) is 2.47. The SMILES string of the molecule is CC1CCC2(CC(=O)OC2CS(=O)(=O)Cl)CC1C. The summed E-state index contributed by atoms with van der Waals surface area (Å²) in [4.78, 5) is 11.5. The summed E-state index contributed by atoms with van der Waals surface area (Å²) in [7, 11) is 1.67. The second-order valence-corrected chi connectivity index (χ2v) is 8.74. The third-order valence-corrected chi connectivity index (χ3v) is 5.68. The van der Waals surface area contributed by atoms with Gasteiger partial charge in [0, 0.05) is 16.1 Å². The monoisotopic (exact) mass is 294 g/mol. The molecule has 0 aromatic rings. The number of cyclic esters (lactones) is 1. The Bertz CT molecular complexity index is 447. The minimum absolute atomic E-state index is 0.263. The van der Waals surface area contributed by atoms with E-state index >= 15 is 0 Å². The van der Waals surface area contributed by atoms with Crippen molar-refractivity contribution in [3.8, 4) is 0 Å². The average molecular weight is 295 g/mol. The molecule has 104 valence electrons. The predicted molar refractivity (Wildman–Crippen MR) is 68.7 cm³/mol. The zero-order valence-electron chi connectivity index (χ0n) is 10.7. The molecule has 0 bridgehead atoms. The largest absolute Gasteiger partial charge is 0.461 e. The molecule has 2 aliphatic rings. The van der Waals surface area contributed by atoms with Crippen LogP contribution in [-0.4, -0.2) is 26.2 Å². The molecular formula is C12H19ClO4S. The van der Waals surface area contributed by atoms with Crippen LogP contribution in [0.25, 0.3) is 0 Å². The van der Waals surface area contributed by atoms with Gasteiger partial charge >= 0.3 is 5.97 Å². The molecule has 0 amide bonds. The molecule has 1 spiro atoms. The molecule has 1 saturated carbocycles. The minimum atomic E-state index is -3.64. The summed E-state index contributed by atoms with van der Waals surface area (Å²) < 4.78 is 27.7. The molecule has 2 rings (SSSR count). The van der Waals surface area contributed by atoms with Crippen molar-refractivity contribution in [2.75, 3.05) is 5.75 Å². The maximum atomic E-state index is 11.5. The van der Waals surface area contributed by atoms with Gasteiger partial charge in [-0.1, -0.05) is 13.8 Å². The van der Waals surface area contributed by atoms with Gasteiger partial charge in [0.25, 0.3) is 0 Å². The fourth-order valence-electron chi connectivity index (χ4n) is 3.32. The van der Waals surface area contributed by atoms with E-state index in [-0.39, 0.29) is 17.1 Å². The van der Waals surface area contributed by atoms with Crippen LogP contribution in [0.4, 0.5) is 0 Å². The molecule has 0 N–H and O–H groups in total. The smallest absolute Gasteiger partial charge is 0.306 e. The number of carbonyl (C=O) groups is 1. The van der Waals surface area contributed by atoms with Crippen molar-refractivity contribution in [1.29, 1.82) is 0 Å². The van der Waals surface area contributed by atoms with Gasteiger partial charge in [0.2, 0.25) is 9.05 Å². The van der Waals surface area contributed by atoms with Crippen LogP contribution in [0.1, 0.15) is 39.5 Å². The van der Waals surface area contributed by atoms with Crippen LogP contribution in [0.5, 0.6) is 0 Å². The van der Waals surface area contributed by atoms with Crippen LogP contribution in [0.3, 0.4) is 0 Å². The Morgan fingerprint density at radius 3 is 2.61 bits per heavy atom. The van der Waals surface area contributed by atoms with Crippen molar-refractivity contribution in [2.45, 2.75) is 45.6 Å². The predicted octanol–water partition coefficient (Wildman–Crippen LogP) is 2.31. The van der Waals surface area contributed by atoms with Crippen LogP contribution in [-0.2, 0) is 18.6 Å². The number of carbonyl (C=O) groups excluding carboxylic acids is 1. The third kappa shape index (κ3) is 2.82. The third-order valence-electron chi connectivity index (χ3n) is 4.60. The number of hydrogen-bond acceptors (Lipinski definition) is 4. The fourth-order valence-corrected chi connectivity index (χ4v) is 4.44. The van der Waals surface area contributed by atoms with Gasteiger partial charge in [-0.2, -0.15) is 0 Å². The van der Waals surface area contributed by atoms with Gasteiger partial charge in [0.05, 0.1) is 6.42 Å². The Kier molecular flexibility index (Phi) is 3.67. The highest BCUT2D eigenvalue weighted by molar-refractivity contribution is 8.13. The van der Waals surface area contributed by atoms with Crippen LogP contribution >= 0.6 is 10.7 Å². The molecule has 2 fully saturated rings. The van der Waals surface area contributed by atoms with Gasteiger partial charge in [-0.15, -0.1) is 0 Å². The van der Waals surface area contributed by atoms with Crippen LogP contribution < -0.4 is 0 Å². The molecule has 1 saturated heterocycles. The zero-order valence-corrected chi connectivity index (χ0v) is 12.3. The number of rotatable bonds is 2. The van der Waals surface area contributed by atoms with Gasteiger partial charge in [-0.25, -0.2) is 8.42 Å². The topological polar surface area (TPSA) is 60.4 Å². The lowest BCUT2D eigenvalue weighted by Gasteiger charge is -2.41. The molecule has 4 unspecified atom stereocenters. The molecule has 18 heavy (non-hydrogen) atoms. The molecule has 6 heteroatoms. The first kappa shape index (κ1) is 14.1. The summed E-state index contributed by atoms with van der Waals surface area (Å²) in [6.45, 7) is 4.35. The first-order valence-electron chi connectivity index (χ1n) is 6.34. The molecule has 4 atom stereocenters. The van der Waals surface area contributed by atoms with Gasteiger partial charge in [0.15, 0.2) is 0 Å². The molecule has 1 aliphatic carbocycles. The van der Waals surface area contributed by atoms with E-state index in [0.717, 1.165) is 19.3 Å². The standard InChI is InChI=1S/C12H19ClO4S/c1-8-3-4-12(5-9(8)2)6-11(14)17-10(12)7-18(13,15)16/h8-10H,3-7H2,1-2H3. The van der Waals surface area contributed by atoms with E-state index in [1.165, 1.54) is 0 Å². The average Bonchev–Trinajstić information content (AvgIpc) is 2.47. The van der Waals surface area contributed by atoms with E-state index in [1.54, 1.807) is 0 Å². The first-order chi connectivity index (χ1) is 8.22. The van der Waals surface area contributed by atoms with Crippen LogP contribution in [0.2, 0.25) is 0 Å². The summed E-state index contributed by atoms with van der Waals surface area (Å²) in [5.41, 5.74) is -0.315. The first-order valence-corrected chi connectivity index (χ1v) is 8.81. The lowest BCUT2D eigenvalue weighted by Crippen LogP contribution is -2.41. The highest BCUT2D eigenvalue weighted by Crippen LogP contribution is 2.51. The van der Waals surface area contributed by atoms with E-state index in [9.17, 15) is 13.2 Å². The van der Waals surface area contributed by atoms with Crippen LogP contribution in [0.15, 0.2) is 0 Å². The van der Waals surface area contributed by atoms with Gasteiger partial charge in [0.1, 0.15) is 11.9 Å². The van der Waals surface area contributed by atoms with E-state index in [1.807, 2.05) is 0 Å². The number of halogens is 1. The highest BCUT2D eigenvalue weighted by Gasteiger charge is 2.52. The summed E-state index contributed by atoms with van der Waals surface area (Å²) in [5, 5.41) is 0. The van der Waals surface area contributed by atoms with Gasteiger partial charge in [-0.05, 0) is 31.1 Å². The van der Waals surface area contributed by atoms with Gasteiger partial charge < -0.3 is 4.74 Å². The Morgan fingerprint density at radius 1 is 1.39 bits per heavy atom. The molecule has 4 nitrogen and oxygen atoms in total. The second-order valence-electron chi connectivity index (χ2n) is 5.92. The summed E-state index contributed by atoms with van der Waals surface area (Å²) in [5.74, 6) is 0.539. The van der Waals surface area contributed by atoms with Crippen molar-refractivity contribution in [3.05, 3.63) is 0 Å². The molecule has 1 heterocycles. The molecule has 0 aromatic carbocycles. The van der Waals surface area contributed by atoms with Gasteiger partial charge in [-0.3, -0.25) is 4.79 Å². The Morgan fingerprint density at radius 2 is 2.06 bits per heavy atom. The van der Waals surface area contributed by atoms with E-state index in [0.29, 0.717) is 18.3 Å². The van der Waals surface area contributed by atoms with Crippen molar-refractivity contribution in [2.24, 2.45) is 17.3 Å². The fraction of sp³-hybridized carbons (Fsp3) is 0.917. The summed E-state index contributed by atoms with van der Waals surface area (Å²) >= 11 is 0. The second kappa shape index (κ2) is 4.67. The van der Waals surface area contributed by atoms with E-state index in [4.69, 9.17) is 15.4 Å². The van der Waals surface area contributed by atoms with Crippen LogP contribution in [0, 0.1) is 17.3 Å². The Labute approximate surface area is 112 Å². The minimum Gasteiger partial charge on any atom is -0.461 e. The van der Waals surface area contributed by atoms with Crippen molar-refractivity contribution in [1.82, 2.24) is 0 Å². The zero-order chi connectivity index (χ0) is 13.6. The van der Waals surface area contributed by atoms with E-state index in [2.05, 4.69) is 13.8 Å². The maximum Gasteiger partial charge on any atom is 0.306 e. The molecule has 0 aromatic heterocycles. The quantitative estimate of drug-likeness (QED) is 0.579. The number of esters is 1. The normalized spacial score (nSPS) is 41.1. The van der Waals surface area contributed by atoms with Crippen molar-refractivity contribution >= 4 is 25.7 Å². The lowest BCUT2D eigenvalue weighted by atomic mass is 9.63. The van der Waals surface area contributed by atoms with Crippen molar-refractivity contribution in [3.63, 3.8) is 0 Å². The summed E-state index contributed by atoms with van der Waals surface area (Å²) in [6, 6.07) is 0.